The van der Waals surface area contributed by atoms with Crippen molar-refractivity contribution in [2.75, 3.05) is 0 Å². The molecule has 8 nitrogen and oxygen atoms in total. The van der Waals surface area contributed by atoms with Crippen molar-refractivity contribution in [3.05, 3.63) is 12.7 Å². The summed E-state index contributed by atoms with van der Waals surface area (Å²) in [5.41, 5.74) is 0. The first-order valence-corrected chi connectivity index (χ1v) is 6.68. The monoisotopic (exact) mass is 268 g/mol. The molecular weight excluding hydrogens is 250 g/mol. The Balaban J connectivity index is -0.0000000574. The van der Waals surface area contributed by atoms with Crippen molar-refractivity contribution in [3.63, 3.8) is 0 Å². The van der Waals surface area contributed by atoms with Gasteiger partial charge in [0, 0.05) is 0 Å². The van der Waals surface area contributed by atoms with Crippen LogP contribution in [0.25, 0.3) is 0 Å². The third-order valence-corrected chi connectivity index (χ3v) is 0. The summed E-state index contributed by atoms with van der Waals surface area (Å²) in [4.78, 5) is 43.1. The van der Waals surface area contributed by atoms with Gasteiger partial charge in [0.05, 0.1) is 0 Å². The number of rotatable bonds is 0. The smallest absolute Gasteiger partial charge is 0.303 e. The Labute approximate surface area is 88.4 Å². The van der Waals surface area contributed by atoms with Crippen molar-refractivity contribution in [1.82, 2.24) is 0 Å². The highest BCUT2D eigenvalue weighted by Gasteiger charge is 2.00. The lowest BCUT2D eigenvalue weighted by Crippen LogP contribution is -1.66. The predicted molar refractivity (Wildman–Crippen MR) is 55.7 cm³/mol. The second kappa shape index (κ2) is 14.0. The molecule has 0 fully saturated rings. The SMILES string of the molecule is C=CC.CC.O=P(O)(O)O.O=P(O)(O)O. The molecule has 0 aliphatic heterocycles. The van der Waals surface area contributed by atoms with Crippen molar-refractivity contribution >= 4 is 15.6 Å². The van der Waals surface area contributed by atoms with E-state index in [-0.39, 0.29) is 0 Å². The number of allylic oxidation sites excluding steroid dienone is 1. The van der Waals surface area contributed by atoms with Gasteiger partial charge in [-0.1, -0.05) is 19.9 Å². The summed E-state index contributed by atoms with van der Waals surface area (Å²) in [5, 5.41) is 0. The van der Waals surface area contributed by atoms with E-state index < -0.39 is 15.6 Å². The van der Waals surface area contributed by atoms with E-state index in [4.69, 9.17) is 38.5 Å². The summed E-state index contributed by atoms with van der Waals surface area (Å²) in [7, 11) is -9.28. The Morgan fingerprint density at radius 3 is 0.867 bits per heavy atom. The van der Waals surface area contributed by atoms with Crippen molar-refractivity contribution < 1.29 is 38.5 Å². The number of hydrogen-bond donors (Lipinski definition) is 6. The van der Waals surface area contributed by atoms with Crippen LogP contribution >= 0.6 is 15.6 Å². The maximum atomic E-state index is 8.88. The fourth-order valence-corrected chi connectivity index (χ4v) is 0. The van der Waals surface area contributed by atoms with Gasteiger partial charge in [-0.15, -0.1) is 6.58 Å². The summed E-state index contributed by atoms with van der Waals surface area (Å²) >= 11 is 0. The molecule has 0 heterocycles. The average molecular weight is 268 g/mol. The van der Waals surface area contributed by atoms with Crippen LogP contribution in [0.2, 0.25) is 0 Å². The van der Waals surface area contributed by atoms with E-state index >= 15 is 0 Å². The lowest BCUT2D eigenvalue weighted by Gasteiger charge is -1.82. The Morgan fingerprint density at radius 1 is 0.867 bits per heavy atom. The van der Waals surface area contributed by atoms with Crippen molar-refractivity contribution in [3.8, 4) is 0 Å². The molecule has 0 aromatic rings. The van der Waals surface area contributed by atoms with E-state index in [9.17, 15) is 0 Å². The molecule has 0 atom stereocenters. The van der Waals surface area contributed by atoms with E-state index in [0.717, 1.165) is 0 Å². The third-order valence-electron chi connectivity index (χ3n) is 0. The van der Waals surface area contributed by atoms with E-state index in [2.05, 4.69) is 6.58 Å². The summed E-state index contributed by atoms with van der Waals surface area (Å²) in [6.07, 6.45) is 1.75. The van der Waals surface area contributed by atoms with Gasteiger partial charge < -0.3 is 29.4 Å². The summed E-state index contributed by atoms with van der Waals surface area (Å²) < 4.78 is 17.8. The zero-order valence-corrected chi connectivity index (χ0v) is 10.5. The first-order chi connectivity index (χ1) is 6.41. The van der Waals surface area contributed by atoms with Crippen LogP contribution in [0.5, 0.6) is 0 Å². The Bertz CT molecular complexity index is 167. The van der Waals surface area contributed by atoms with Crippen LogP contribution in [-0.4, -0.2) is 29.4 Å². The molecule has 6 N–H and O–H groups in total. The maximum Gasteiger partial charge on any atom is 0.466 e. The molecule has 0 rings (SSSR count). The summed E-state index contributed by atoms with van der Waals surface area (Å²) in [5.74, 6) is 0. The lowest BCUT2D eigenvalue weighted by molar-refractivity contribution is 0.272. The Hall–Kier alpha value is -0.0400. The first kappa shape index (κ1) is 24.3. The van der Waals surface area contributed by atoms with Crippen LogP contribution in [0.4, 0.5) is 0 Å². The zero-order chi connectivity index (χ0) is 13.7. The number of hydrogen-bond acceptors (Lipinski definition) is 2. The molecule has 0 aliphatic rings. The van der Waals surface area contributed by atoms with Crippen LogP contribution in [0.3, 0.4) is 0 Å². The number of phosphoric acid groups is 2. The molecule has 0 saturated carbocycles. The Morgan fingerprint density at radius 2 is 0.867 bits per heavy atom. The maximum absolute atomic E-state index is 8.88. The largest absolute Gasteiger partial charge is 0.466 e. The fraction of sp³-hybridized carbons (Fsp3) is 0.600. The van der Waals surface area contributed by atoms with Crippen molar-refractivity contribution in [1.29, 1.82) is 0 Å². The highest BCUT2D eigenvalue weighted by atomic mass is 31.2. The van der Waals surface area contributed by atoms with Crippen LogP contribution in [0.1, 0.15) is 20.8 Å². The molecule has 0 bridgehead atoms. The standard InChI is InChI=1S/C3H6.C2H6.2H3O4P/c1-3-2;1-2;2*1-5(2,3)4/h3H,1H2,2H3;1-2H3;2*(H3,1,2,3,4). The molecule has 0 aromatic heterocycles. The van der Waals surface area contributed by atoms with Gasteiger partial charge in [0.2, 0.25) is 0 Å². The minimum absolute atomic E-state index is 1.75. The quantitative estimate of drug-likeness (QED) is 0.271. The van der Waals surface area contributed by atoms with E-state index in [1.54, 1.807) is 6.08 Å². The summed E-state index contributed by atoms with van der Waals surface area (Å²) in [6, 6.07) is 0. The molecule has 0 aromatic carbocycles. The average Bonchev–Trinajstić information content (AvgIpc) is 1.84. The van der Waals surface area contributed by atoms with E-state index in [1.807, 2.05) is 20.8 Å². The fourth-order valence-electron chi connectivity index (χ4n) is 0. The Kier molecular flexibility index (Phi) is 22.6. The highest BCUT2D eigenvalue weighted by molar-refractivity contribution is 7.45. The molecule has 0 saturated heterocycles. The first-order valence-electron chi connectivity index (χ1n) is 3.55. The van der Waals surface area contributed by atoms with Gasteiger partial charge in [0.1, 0.15) is 0 Å². The van der Waals surface area contributed by atoms with Gasteiger partial charge >= 0.3 is 15.6 Å². The molecule has 0 aliphatic carbocycles. The highest BCUT2D eigenvalue weighted by Crippen LogP contribution is 2.26. The molecule has 0 amide bonds. The van der Waals surface area contributed by atoms with Gasteiger partial charge in [-0.25, -0.2) is 9.13 Å². The summed E-state index contributed by atoms with van der Waals surface area (Å²) in [6.45, 7) is 9.25. The molecule has 0 radical (unpaired) electrons. The molecule has 96 valence electrons. The second-order valence-electron chi connectivity index (χ2n) is 1.43. The lowest BCUT2D eigenvalue weighted by atomic mass is 10.8. The zero-order valence-electron chi connectivity index (χ0n) is 8.68. The minimum Gasteiger partial charge on any atom is -0.303 e. The normalized spacial score (nSPS) is 9.13. The molecule has 0 unspecified atom stereocenters. The third kappa shape index (κ3) is 1250000. The second-order valence-corrected chi connectivity index (χ2v) is 3.49. The predicted octanol–water partition coefficient (Wildman–Crippen LogP) is 0.361. The van der Waals surface area contributed by atoms with E-state index in [0.29, 0.717) is 0 Å². The van der Waals surface area contributed by atoms with E-state index in [1.165, 1.54) is 0 Å². The van der Waals surface area contributed by atoms with Crippen molar-refractivity contribution in [2.45, 2.75) is 20.8 Å². The minimum atomic E-state index is -4.64. The molecule has 10 heteroatoms. The van der Waals surface area contributed by atoms with Crippen LogP contribution in [0, 0.1) is 0 Å². The van der Waals surface area contributed by atoms with Gasteiger partial charge in [-0.05, 0) is 6.92 Å². The van der Waals surface area contributed by atoms with Gasteiger partial charge in [-0.3, -0.25) is 0 Å². The van der Waals surface area contributed by atoms with Gasteiger partial charge in [0.15, 0.2) is 0 Å². The van der Waals surface area contributed by atoms with Crippen LogP contribution in [-0.2, 0) is 9.13 Å². The molecular formula is C5H18O8P2. The van der Waals surface area contributed by atoms with Crippen molar-refractivity contribution in [2.24, 2.45) is 0 Å². The topological polar surface area (TPSA) is 156 Å². The van der Waals surface area contributed by atoms with Gasteiger partial charge in [0.25, 0.3) is 0 Å². The van der Waals surface area contributed by atoms with Gasteiger partial charge in [-0.2, -0.15) is 0 Å². The van der Waals surface area contributed by atoms with Crippen LogP contribution in [0.15, 0.2) is 12.7 Å². The van der Waals surface area contributed by atoms with Crippen LogP contribution < -0.4 is 0 Å². The molecule has 15 heavy (non-hydrogen) atoms. The molecule has 0 spiro atoms.